The number of carbonyl (C=O) groups is 1. The number of benzene rings is 1. The zero-order valence-electron chi connectivity index (χ0n) is 17.2. The summed E-state index contributed by atoms with van der Waals surface area (Å²) in [6, 6.07) is 4.60. The van der Waals surface area contributed by atoms with E-state index in [1.54, 1.807) is 6.07 Å². The highest BCUT2D eigenvalue weighted by Gasteiger charge is 2.37. The molecule has 1 unspecified atom stereocenters. The van der Waals surface area contributed by atoms with Crippen LogP contribution in [-0.4, -0.2) is 104 Å². The average molecular weight is 427 g/mol. The molecule has 1 aromatic rings. The Kier molecular flexibility index (Phi) is 6.79. The van der Waals surface area contributed by atoms with Crippen molar-refractivity contribution >= 4 is 16.2 Å². The van der Waals surface area contributed by atoms with E-state index in [1.165, 1.54) is 15.7 Å². The molecule has 0 aliphatic carbocycles. The number of aliphatic carboxylic acids is 1. The van der Waals surface area contributed by atoms with E-state index in [0.717, 1.165) is 5.56 Å². The summed E-state index contributed by atoms with van der Waals surface area (Å²) in [5, 5.41) is 9.90. The SMILES string of the molecule is COc1ccc(C)cc1C(C(=O)O)N1CCN(S(=O)(=O)N2CCN(C)CC2)CC1. The molecule has 29 heavy (non-hydrogen) atoms. The van der Waals surface area contributed by atoms with Gasteiger partial charge in [0.05, 0.1) is 7.11 Å². The Morgan fingerprint density at radius 1 is 1.03 bits per heavy atom. The molecule has 0 amide bonds. The van der Waals surface area contributed by atoms with Crippen LogP contribution in [0.25, 0.3) is 0 Å². The van der Waals surface area contributed by atoms with E-state index in [0.29, 0.717) is 50.6 Å². The number of rotatable bonds is 6. The molecule has 0 spiro atoms. The van der Waals surface area contributed by atoms with Crippen LogP contribution in [0.3, 0.4) is 0 Å². The first-order valence-corrected chi connectivity index (χ1v) is 11.2. The van der Waals surface area contributed by atoms with E-state index in [2.05, 4.69) is 4.90 Å². The number of likely N-dealkylation sites (N-methyl/N-ethyl adjacent to an activating group) is 1. The number of nitrogens with zero attached hydrogens (tertiary/aromatic N) is 4. The van der Waals surface area contributed by atoms with Gasteiger partial charge in [0.2, 0.25) is 0 Å². The summed E-state index contributed by atoms with van der Waals surface area (Å²) in [6.07, 6.45) is 0. The summed E-state index contributed by atoms with van der Waals surface area (Å²) in [5.74, 6) is -0.445. The molecule has 162 valence electrons. The Morgan fingerprint density at radius 3 is 2.10 bits per heavy atom. The van der Waals surface area contributed by atoms with Gasteiger partial charge in [0.15, 0.2) is 0 Å². The standard InChI is InChI=1S/C19H30N4O5S/c1-15-4-5-17(28-3)16(14-15)18(19(24)25)21-8-12-23(13-9-21)29(26,27)22-10-6-20(2)7-11-22/h4-5,14,18H,6-13H2,1-3H3,(H,24,25). The Labute approximate surface area is 172 Å². The van der Waals surface area contributed by atoms with Crippen molar-refractivity contribution in [2.45, 2.75) is 13.0 Å². The maximum Gasteiger partial charge on any atom is 0.325 e. The van der Waals surface area contributed by atoms with Crippen molar-refractivity contribution in [1.82, 2.24) is 18.4 Å². The van der Waals surface area contributed by atoms with E-state index in [1.807, 2.05) is 31.0 Å². The van der Waals surface area contributed by atoms with Gasteiger partial charge in [-0.3, -0.25) is 9.69 Å². The van der Waals surface area contributed by atoms with Crippen molar-refractivity contribution in [1.29, 1.82) is 0 Å². The number of hydrogen-bond acceptors (Lipinski definition) is 6. The molecule has 3 rings (SSSR count). The normalized spacial score (nSPS) is 21.8. The smallest absolute Gasteiger partial charge is 0.325 e. The molecule has 1 N–H and O–H groups in total. The molecule has 0 aromatic heterocycles. The van der Waals surface area contributed by atoms with Crippen molar-refractivity contribution in [2.24, 2.45) is 0 Å². The molecular weight excluding hydrogens is 396 g/mol. The van der Waals surface area contributed by atoms with Gasteiger partial charge in [-0.1, -0.05) is 17.7 Å². The van der Waals surface area contributed by atoms with Crippen LogP contribution in [0, 0.1) is 6.92 Å². The van der Waals surface area contributed by atoms with Crippen LogP contribution in [0.1, 0.15) is 17.2 Å². The van der Waals surface area contributed by atoms with E-state index in [9.17, 15) is 18.3 Å². The Balaban J connectivity index is 1.73. The summed E-state index contributed by atoms with van der Waals surface area (Å²) in [5.41, 5.74) is 1.54. The fourth-order valence-corrected chi connectivity index (χ4v) is 5.50. The maximum absolute atomic E-state index is 13.0. The van der Waals surface area contributed by atoms with Gasteiger partial charge in [-0.2, -0.15) is 17.0 Å². The first kappa shape index (κ1) is 22.0. The van der Waals surface area contributed by atoms with Crippen LogP contribution in [-0.2, 0) is 15.0 Å². The lowest BCUT2D eigenvalue weighted by Crippen LogP contribution is -2.57. The molecule has 9 nitrogen and oxygen atoms in total. The summed E-state index contributed by atoms with van der Waals surface area (Å²) < 4.78 is 34.3. The molecule has 2 aliphatic rings. The molecule has 2 aliphatic heterocycles. The number of carboxylic acids is 1. The van der Waals surface area contributed by atoms with Crippen molar-refractivity contribution in [3.05, 3.63) is 29.3 Å². The number of aryl methyl sites for hydroxylation is 1. The summed E-state index contributed by atoms with van der Waals surface area (Å²) in [4.78, 5) is 16.0. The Morgan fingerprint density at radius 2 is 1.59 bits per heavy atom. The van der Waals surface area contributed by atoms with E-state index in [4.69, 9.17) is 4.74 Å². The third-order valence-electron chi connectivity index (χ3n) is 5.67. The third kappa shape index (κ3) is 4.72. The number of carboxylic acid groups (broad SMARTS) is 1. The van der Waals surface area contributed by atoms with Crippen molar-refractivity contribution in [3.63, 3.8) is 0 Å². The predicted octanol–water partition coefficient (Wildman–Crippen LogP) is 0.239. The van der Waals surface area contributed by atoms with Gasteiger partial charge in [0.1, 0.15) is 11.8 Å². The average Bonchev–Trinajstić information content (AvgIpc) is 2.69. The molecule has 0 saturated carbocycles. The van der Waals surface area contributed by atoms with E-state index >= 15 is 0 Å². The zero-order valence-corrected chi connectivity index (χ0v) is 18.1. The fraction of sp³-hybridized carbons (Fsp3) is 0.632. The van der Waals surface area contributed by atoms with Gasteiger partial charge in [-0.25, -0.2) is 0 Å². The summed E-state index contributed by atoms with van der Waals surface area (Å²) in [7, 11) is -0.0189. The lowest BCUT2D eigenvalue weighted by molar-refractivity contribution is -0.144. The molecule has 0 radical (unpaired) electrons. The van der Waals surface area contributed by atoms with Crippen molar-refractivity contribution < 1.29 is 23.1 Å². The van der Waals surface area contributed by atoms with Gasteiger partial charge in [0.25, 0.3) is 10.2 Å². The van der Waals surface area contributed by atoms with Crippen LogP contribution >= 0.6 is 0 Å². The van der Waals surface area contributed by atoms with E-state index in [-0.39, 0.29) is 13.1 Å². The van der Waals surface area contributed by atoms with Gasteiger partial charge in [0, 0.05) is 57.9 Å². The molecule has 1 aromatic carbocycles. The van der Waals surface area contributed by atoms with Crippen LogP contribution in [0.2, 0.25) is 0 Å². The van der Waals surface area contributed by atoms with Crippen LogP contribution in [0.4, 0.5) is 0 Å². The van der Waals surface area contributed by atoms with E-state index < -0.39 is 22.2 Å². The first-order valence-electron chi connectivity index (χ1n) is 9.79. The zero-order chi connectivity index (χ0) is 21.2. The number of hydrogen-bond donors (Lipinski definition) is 1. The molecular formula is C19H30N4O5S. The topological polar surface area (TPSA) is 93.6 Å². The lowest BCUT2D eigenvalue weighted by Gasteiger charge is -2.40. The first-order chi connectivity index (χ1) is 13.7. The molecule has 0 bridgehead atoms. The quantitative estimate of drug-likeness (QED) is 0.696. The van der Waals surface area contributed by atoms with Crippen LogP contribution in [0.5, 0.6) is 5.75 Å². The lowest BCUT2D eigenvalue weighted by atomic mass is 10.0. The molecule has 1 atom stereocenters. The highest BCUT2D eigenvalue weighted by atomic mass is 32.2. The van der Waals surface area contributed by atoms with Crippen molar-refractivity contribution in [2.75, 3.05) is 66.5 Å². The molecule has 2 heterocycles. The summed E-state index contributed by atoms with van der Waals surface area (Å²) in [6.45, 7) is 5.54. The van der Waals surface area contributed by atoms with Gasteiger partial charge >= 0.3 is 5.97 Å². The van der Waals surface area contributed by atoms with Gasteiger partial charge in [-0.15, -0.1) is 0 Å². The second kappa shape index (κ2) is 8.97. The highest BCUT2D eigenvalue weighted by molar-refractivity contribution is 7.86. The minimum absolute atomic E-state index is 0.270. The Bertz CT molecular complexity index is 831. The largest absolute Gasteiger partial charge is 0.496 e. The second-order valence-corrected chi connectivity index (χ2v) is 9.56. The van der Waals surface area contributed by atoms with Gasteiger partial charge in [-0.05, 0) is 20.0 Å². The van der Waals surface area contributed by atoms with Crippen LogP contribution in [0.15, 0.2) is 18.2 Å². The van der Waals surface area contributed by atoms with Crippen LogP contribution < -0.4 is 4.74 Å². The third-order valence-corrected chi connectivity index (χ3v) is 7.70. The highest BCUT2D eigenvalue weighted by Crippen LogP contribution is 2.32. The maximum atomic E-state index is 13.0. The number of piperazine rings is 2. The molecule has 2 saturated heterocycles. The van der Waals surface area contributed by atoms with Gasteiger partial charge < -0.3 is 14.7 Å². The number of ether oxygens (including phenoxy) is 1. The molecule has 2 fully saturated rings. The van der Waals surface area contributed by atoms with Crippen molar-refractivity contribution in [3.8, 4) is 5.75 Å². The minimum atomic E-state index is -3.52. The second-order valence-electron chi connectivity index (χ2n) is 7.63. The predicted molar refractivity (Wildman–Crippen MR) is 109 cm³/mol. The molecule has 10 heteroatoms. The Hall–Kier alpha value is -1.72. The fourth-order valence-electron chi connectivity index (χ4n) is 3.93. The monoisotopic (exact) mass is 426 g/mol. The minimum Gasteiger partial charge on any atom is -0.496 e. The summed E-state index contributed by atoms with van der Waals surface area (Å²) >= 11 is 0. The number of methoxy groups -OCH3 is 1.